The fraction of sp³-hybridized carbons (Fsp3) is 0.571. The van der Waals surface area contributed by atoms with E-state index in [-0.39, 0.29) is 12.6 Å². The molecule has 1 atom stereocenters. The van der Waals surface area contributed by atoms with Gasteiger partial charge in [0.05, 0.1) is 10.5 Å². The third-order valence-electron chi connectivity index (χ3n) is 3.66. The lowest BCUT2D eigenvalue weighted by Gasteiger charge is -2.28. The molecule has 0 saturated carbocycles. The molecule has 4 nitrogen and oxygen atoms in total. The molecule has 2 rings (SSSR count). The lowest BCUT2D eigenvalue weighted by molar-refractivity contribution is -0.139. The van der Waals surface area contributed by atoms with Gasteiger partial charge in [0, 0.05) is 19.1 Å². The molecule has 1 aromatic carbocycles. The van der Waals surface area contributed by atoms with Crippen molar-refractivity contribution in [3.63, 3.8) is 0 Å². The lowest BCUT2D eigenvalue weighted by atomic mass is 10.2. The van der Waals surface area contributed by atoms with Gasteiger partial charge in [-0.15, -0.1) is 0 Å². The quantitative estimate of drug-likeness (QED) is 0.899. The second-order valence-electron chi connectivity index (χ2n) is 5.26. The number of alkyl halides is 3. The zero-order valence-electron chi connectivity index (χ0n) is 12.2. The van der Waals surface area contributed by atoms with Crippen molar-refractivity contribution in [2.24, 2.45) is 0 Å². The normalized spacial score (nSPS) is 19.8. The largest absolute Gasteiger partial charge is 0.417 e. The van der Waals surface area contributed by atoms with Gasteiger partial charge in [-0.2, -0.15) is 17.5 Å². The number of hydrogen-bond acceptors (Lipinski definition) is 3. The van der Waals surface area contributed by atoms with Gasteiger partial charge in [0.2, 0.25) is 10.0 Å². The molecule has 0 spiro atoms. The summed E-state index contributed by atoms with van der Waals surface area (Å²) in [6.07, 6.45) is -3.55. The molecule has 1 heterocycles. The molecule has 124 valence electrons. The van der Waals surface area contributed by atoms with Crippen molar-refractivity contribution < 1.29 is 21.6 Å². The molecule has 0 radical (unpaired) electrons. The molecule has 0 aromatic heterocycles. The van der Waals surface area contributed by atoms with Crippen molar-refractivity contribution in [2.45, 2.75) is 36.9 Å². The zero-order chi connectivity index (χ0) is 16.4. The van der Waals surface area contributed by atoms with Crippen LogP contribution in [0.1, 0.15) is 25.3 Å². The van der Waals surface area contributed by atoms with Gasteiger partial charge in [0.15, 0.2) is 0 Å². The maximum Gasteiger partial charge on any atom is 0.417 e. The second kappa shape index (κ2) is 6.55. The summed E-state index contributed by atoms with van der Waals surface area (Å²) in [5.41, 5.74) is -1.11. The summed E-state index contributed by atoms with van der Waals surface area (Å²) in [5.74, 6) is 0. The fourth-order valence-corrected chi connectivity index (χ4v) is 4.62. The summed E-state index contributed by atoms with van der Waals surface area (Å²) in [6.45, 7) is 3.15. The monoisotopic (exact) mass is 336 g/mol. The number of halogens is 3. The maximum absolute atomic E-state index is 13.1. The lowest BCUT2D eigenvalue weighted by Crippen LogP contribution is -2.42. The Balaban J connectivity index is 2.48. The Hall–Kier alpha value is -1.12. The number of rotatable bonds is 5. The summed E-state index contributed by atoms with van der Waals surface area (Å²) in [5, 5.41) is 3.05. The predicted octanol–water partition coefficient (Wildman–Crippen LogP) is 2.47. The summed E-state index contributed by atoms with van der Waals surface area (Å²) in [4.78, 5) is -0.664. The van der Waals surface area contributed by atoms with E-state index in [0.29, 0.717) is 25.9 Å². The first-order valence-corrected chi connectivity index (χ1v) is 8.61. The summed E-state index contributed by atoms with van der Waals surface area (Å²) in [7, 11) is -4.19. The average molecular weight is 336 g/mol. The van der Waals surface area contributed by atoms with Crippen LogP contribution in [0, 0.1) is 0 Å². The van der Waals surface area contributed by atoms with E-state index < -0.39 is 26.7 Å². The van der Waals surface area contributed by atoms with Gasteiger partial charge in [-0.05, 0) is 31.5 Å². The first kappa shape index (κ1) is 17.2. The zero-order valence-corrected chi connectivity index (χ0v) is 13.0. The molecule has 1 aromatic rings. The van der Waals surface area contributed by atoms with Crippen molar-refractivity contribution in [1.82, 2.24) is 9.62 Å². The number of benzene rings is 1. The molecule has 8 heteroatoms. The highest BCUT2D eigenvalue weighted by Crippen LogP contribution is 2.35. The number of hydrogen-bond donors (Lipinski definition) is 1. The number of nitrogens with zero attached hydrogens (tertiary/aromatic N) is 1. The van der Waals surface area contributed by atoms with Crippen molar-refractivity contribution in [1.29, 1.82) is 0 Å². The standard InChI is InChI=1S/C14H19F3N2O2S/c1-2-9-19(11-7-8-18-10-11)22(20,21)13-6-4-3-5-12(13)14(15,16)17/h3-6,11,18H,2,7-10H2,1H3. The van der Waals surface area contributed by atoms with Crippen molar-refractivity contribution >= 4 is 10.0 Å². The van der Waals surface area contributed by atoms with Crippen molar-refractivity contribution in [3.05, 3.63) is 29.8 Å². The van der Waals surface area contributed by atoms with Crippen LogP contribution in [0.2, 0.25) is 0 Å². The molecule has 0 amide bonds. The van der Waals surface area contributed by atoms with E-state index in [9.17, 15) is 21.6 Å². The third kappa shape index (κ3) is 3.44. The Labute approximate surface area is 128 Å². The summed E-state index contributed by atoms with van der Waals surface area (Å²) in [6, 6.07) is 4.06. The van der Waals surface area contributed by atoms with E-state index in [2.05, 4.69) is 5.32 Å². The molecular formula is C14H19F3N2O2S. The van der Waals surface area contributed by atoms with Gasteiger partial charge in [-0.3, -0.25) is 0 Å². The van der Waals surface area contributed by atoms with Crippen LogP contribution in [-0.4, -0.2) is 38.4 Å². The molecule has 1 aliphatic heterocycles. The molecule has 1 fully saturated rings. The molecular weight excluding hydrogens is 317 g/mol. The molecule has 1 saturated heterocycles. The minimum absolute atomic E-state index is 0.209. The highest BCUT2D eigenvalue weighted by molar-refractivity contribution is 7.89. The minimum atomic E-state index is -4.70. The first-order chi connectivity index (χ1) is 10.3. The van der Waals surface area contributed by atoms with E-state index in [4.69, 9.17) is 0 Å². The maximum atomic E-state index is 13.1. The van der Waals surface area contributed by atoms with Gasteiger partial charge in [-0.25, -0.2) is 8.42 Å². The molecule has 0 bridgehead atoms. The fourth-order valence-electron chi connectivity index (χ4n) is 2.66. The molecule has 1 aliphatic rings. The smallest absolute Gasteiger partial charge is 0.315 e. The van der Waals surface area contributed by atoms with E-state index >= 15 is 0 Å². The van der Waals surface area contributed by atoms with Crippen LogP contribution < -0.4 is 5.32 Å². The first-order valence-electron chi connectivity index (χ1n) is 7.17. The molecule has 1 unspecified atom stereocenters. The Bertz CT molecular complexity index is 611. The molecule has 0 aliphatic carbocycles. The van der Waals surface area contributed by atoms with E-state index in [1.165, 1.54) is 16.4 Å². The molecule has 22 heavy (non-hydrogen) atoms. The number of sulfonamides is 1. The Morgan fingerprint density at radius 2 is 2.00 bits per heavy atom. The predicted molar refractivity (Wildman–Crippen MR) is 76.9 cm³/mol. The van der Waals surface area contributed by atoms with E-state index in [1.54, 1.807) is 6.92 Å². The Kier molecular flexibility index (Phi) is 5.14. The highest BCUT2D eigenvalue weighted by Gasteiger charge is 2.40. The SMILES string of the molecule is CCCN(C1CCNC1)S(=O)(=O)c1ccccc1C(F)(F)F. The van der Waals surface area contributed by atoms with Gasteiger partial charge < -0.3 is 5.32 Å². The average Bonchev–Trinajstić information content (AvgIpc) is 2.97. The van der Waals surface area contributed by atoms with Crippen LogP contribution in [0.25, 0.3) is 0 Å². The van der Waals surface area contributed by atoms with Gasteiger partial charge in [-0.1, -0.05) is 19.1 Å². The van der Waals surface area contributed by atoms with Crippen molar-refractivity contribution in [2.75, 3.05) is 19.6 Å². The number of nitrogens with one attached hydrogen (secondary N) is 1. The highest BCUT2D eigenvalue weighted by atomic mass is 32.2. The summed E-state index contributed by atoms with van der Waals surface area (Å²) >= 11 is 0. The van der Waals surface area contributed by atoms with E-state index in [0.717, 1.165) is 12.1 Å². The van der Waals surface area contributed by atoms with Crippen LogP contribution in [0.4, 0.5) is 13.2 Å². The van der Waals surface area contributed by atoms with E-state index in [1.807, 2.05) is 0 Å². The summed E-state index contributed by atoms with van der Waals surface area (Å²) < 4.78 is 66.1. The molecule has 1 N–H and O–H groups in total. The van der Waals surface area contributed by atoms with Crippen LogP contribution in [0.15, 0.2) is 29.2 Å². The van der Waals surface area contributed by atoms with Crippen LogP contribution in [0.5, 0.6) is 0 Å². The van der Waals surface area contributed by atoms with Crippen molar-refractivity contribution in [3.8, 4) is 0 Å². The second-order valence-corrected chi connectivity index (χ2v) is 7.12. The minimum Gasteiger partial charge on any atom is -0.315 e. The van der Waals surface area contributed by atoms with Gasteiger partial charge in [0.1, 0.15) is 0 Å². The third-order valence-corrected chi connectivity index (χ3v) is 5.67. The van der Waals surface area contributed by atoms with Gasteiger partial charge in [0.25, 0.3) is 0 Å². The Morgan fingerprint density at radius 3 is 2.55 bits per heavy atom. The van der Waals surface area contributed by atoms with Crippen LogP contribution in [0.3, 0.4) is 0 Å². The van der Waals surface area contributed by atoms with Gasteiger partial charge >= 0.3 is 6.18 Å². The Morgan fingerprint density at radius 1 is 1.32 bits per heavy atom. The topological polar surface area (TPSA) is 49.4 Å². The van der Waals surface area contributed by atoms with Crippen LogP contribution >= 0.6 is 0 Å². The van der Waals surface area contributed by atoms with Crippen LogP contribution in [-0.2, 0) is 16.2 Å².